The van der Waals surface area contributed by atoms with E-state index in [9.17, 15) is 4.79 Å². The van der Waals surface area contributed by atoms with E-state index in [1.165, 1.54) is 12.8 Å². The summed E-state index contributed by atoms with van der Waals surface area (Å²) in [4.78, 5) is 25.6. The third-order valence-corrected chi connectivity index (χ3v) is 7.54. The van der Waals surface area contributed by atoms with Crippen LogP contribution in [-0.4, -0.2) is 55.8 Å². The van der Waals surface area contributed by atoms with Crippen molar-refractivity contribution in [3.8, 4) is 11.1 Å². The molecule has 2 fully saturated rings. The fraction of sp³-hybridized carbons (Fsp3) is 0.462. The molecule has 4 aromatic heterocycles. The van der Waals surface area contributed by atoms with E-state index in [0.29, 0.717) is 23.7 Å². The van der Waals surface area contributed by atoms with Gasteiger partial charge in [0.25, 0.3) is 5.91 Å². The number of hydrogen-bond acceptors (Lipinski definition) is 6. The van der Waals surface area contributed by atoms with E-state index in [4.69, 9.17) is 4.74 Å². The van der Waals surface area contributed by atoms with Gasteiger partial charge in [0, 0.05) is 48.7 Å². The second-order valence-electron chi connectivity index (χ2n) is 9.91. The van der Waals surface area contributed by atoms with Crippen molar-refractivity contribution in [2.45, 2.75) is 63.6 Å². The van der Waals surface area contributed by atoms with Crippen LogP contribution in [0.3, 0.4) is 0 Å². The van der Waals surface area contributed by atoms with Crippen molar-refractivity contribution in [3.05, 3.63) is 42.5 Å². The number of fused-ring (bicyclic) bond motifs is 2. The standard InChI is InChI=1S/C26H31N7O2/c1-15(16-3-4-16)30-26-28-13-21-20(12-27-24(21)32-26)17-9-10-33-23(11-17)22(14-29-33)25(34)31-18-5-7-19(35-2)8-6-18/h9-16,18-19H,3-8H2,1-2H3,(H,31,34)(H2,27,28,30,32). The van der Waals surface area contributed by atoms with Gasteiger partial charge in [0.1, 0.15) is 5.65 Å². The Morgan fingerprint density at radius 3 is 2.80 bits per heavy atom. The Kier molecular flexibility index (Phi) is 5.64. The number of anilines is 1. The van der Waals surface area contributed by atoms with Crippen LogP contribution < -0.4 is 10.6 Å². The molecule has 2 aliphatic rings. The normalized spacial score (nSPS) is 21.3. The lowest BCUT2D eigenvalue weighted by atomic mass is 9.93. The first-order chi connectivity index (χ1) is 17.1. The summed E-state index contributed by atoms with van der Waals surface area (Å²) in [5.41, 5.74) is 4.12. The number of ether oxygens (including phenoxy) is 1. The molecule has 9 heteroatoms. The predicted molar refractivity (Wildman–Crippen MR) is 134 cm³/mol. The van der Waals surface area contributed by atoms with Gasteiger partial charge in [-0.1, -0.05) is 0 Å². The molecule has 9 nitrogen and oxygen atoms in total. The number of nitrogens with one attached hydrogen (secondary N) is 3. The number of rotatable bonds is 7. The van der Waals surface area contributed by atoms with Crippen LogP contribution in [0.25, 0.3) is 27.7 Å². The van der Waals surface area contributed by atoms with E-state index in [1.807, 2.05) is 30.7 Å². The Hall–Kier alpha value is -3.46. The number of aromatic amines is 1. The summed E-state index contributed by atoms with van der Waals surface area (Å²) in [5, 5.41) is 12.0. The van der Waals surface area contributed by atoms with Crippen LogP contribution in [0.5, 0.6) is 0 Å². The molecule has 0 bridgehead atoms. The third-order valence-electron chi connectivity index (χ3n) is 7.54. The van der Waals surface area contributed by atoms with Crippen molar-refractivity contribution < 1.29 is 9.53 Å². The van der Waals surface area contributed by atoms with Crippen LogP contribution in [0.1, 0.15) is 55.8 Å². The Balaban J connectivity index is 1.24. The Bertz CT molecular complexity index is 1360. The number of carbonyl (C=O) groups excluding carboxylic acids is 1. The summed E-state index contributed by atoms with van der Waals surface area (Å²) in [5.74, 6) is 1.29. The summed E-state index contributed by atoms with van der Waals surface area (Å²) >= 11 is 0. The van der Waals surface area contributed by atoms with Gasteiger partial charge in [0.2, 0.25) is 5.95 Å². The molecular weight excluding hydrogens is 442 g/mol. The minimum Gasteiger partial charge on any atom is -0.381 e. The maximum atomic E-state index is 13.1. The molecule has 4 heterocycles. The number of aromatic nitrogens is 5. The Morgan fingerprint density at radius 1 is 1.20 bits per heavy atom. The fourth-order valence-corrected chi connectivity index (χ4v) is 5.16. The largest absolute Gasteiger partial charge is 0.381 e. The average Bonchev–Trinajstić information content (AvgIpc) is 3.52. The molecule has 4 aromatic rings. The highest BCUT2D eigenvalue weighted by Crippen LogP contribution is 2.34. The second kappa shape index (κ2) is 8.96. The van der Waals surface area contributed by atoms with Gasteiger partial charge in [0.05, 0.1) is 23.4 Å². The zero-order valence-electron chi connectivity index (χ0n) is 20.1. The first kappa shape index (κ1) is 22.0. The molecule has 2 saturated carbocycles. The number of carbonyl (C=O) groups is 1. The number of amides is 1. The topological polar surface area (TPSA) is 109 Å². The Morgan fingerprint density at radius 2 is 2.03 bits per heavy atom. The number of H-pyrrole nitrogens is 1. The maximum absolute atomic E-state index is 13.1. The van der Waals surface area contributed by atoms with Crippen LogP contribution in [-0.2, 0) is 4.74 Å². The molecule has 2 aliphatic carbocycles. The molecule has 0 aromatic carbocycles. The molecule has 182 valence electrons. The van der Waals surface area contributed by atoms with Crippen molar-refractivity contribution in [2.75, 3.05) is 12.4 Å². The van der Waals surface area contributed by atoms with E-state index >= 15 is 0 Å². The minimum absolute atomic E-state index is 0.0826. The summed E-state index contributed by atoms with van der Waals surface area (Å²) in [6, 6.07) is 4.56. The summed E-state index contributed by atoms with van der Waals surface area (Å²) < 4.78 is 7.19. The van der Waals surface area contributed by atoms with Gasteiger partial charge in [-0.2, -0.15) is 10.1 Å². The number of hydrogen-bond donors (Lipinski definition) is 3. The fourth-order valence-electron chi connectivity index (χ4n) is 5.16. The SMILES string of the molecule is COC1CCC(NC(=O)c2cnn3ccc(-c4c[nH]c5nc(NC(C)C6CC6)ncc45)cc23)CC1. The van der Waals surface area contributed by atoms with Crippen LogP contribution in [0.2, 0.25) is 0 Å². The summed E-state index contributed by atoms with van der Waals surface area (Å²) in [6.07, 6.45) is 14.0. The molecule has 0 spiro atoms. The smallest absolute Gasteiger partial charge is 0.255 e. The molecule has 6 rings (SSSR count). The molecular formula is C26H31N7O2. The highest BCUT2D eigenvalue weighted by Gasteiger charge is 2.28. The number of pyridine rings is 1. The van der Waals surface area contributed by atoms with Gasteiger partial charge < -0.3 is 20.4 Å². The zero-order valence-corrected chi connectivity index (χ0v) is 20.1. The van der Waals surface area contributed by atoms with E-state index < -0.39 is 0 Å². The van der Waals surface area contributed by atoms with E-state index in [0.717, 1.165) is 59.3 Å². The van der Waals surface area contributed by atoms with Crippen LogP contribution in [0, 0.1) is 5.92 Å². The van der Waals surface area contributed by atoms with Gasteiger partial charge in [-0.05, 0) is 69.1 Å². The molecule has 0 aliphatic heterocycles. The van der Waals surface area contributed by atoms with Crippen molar-refractivity contribution in [1.29, 1.82) is 0 Å². The van der Waals surface area contributed by atoms with Gasteiger partial charge in [-0.25, -0.2) is 9.50 Å². The van der Waals surface area contributed by atoms with Gasteiger partial charge in [-0.15, -0.1) is 0 Å². The van der Waals surface area contributed by atoms with E-state index in [1.54, 1.807) is 17.8 Å². The average molecular weight is 474 g/mol. The van der Waals surface area contributed by atoms with Crippen molar-refractivity contribution in [3.63, 3.8) is 0 Å². The van der Waals surface area contributed by atoms with Gasteiger partial charge in [-0.3, -0.25) is 4.79 Å². The second-order valence-corrected chi connectivity index (χ2v) is 9.91. The monoisotopic (exact) mass is 473 g/mol. The van der Waals surface area contributed by atoms with Crippen molar-refractivity contribution in [2.24, 2.45) is 5.92 Å². The lowest BCUT2D eigenvalue weighted by Gasteiger charge is -2.28. The van der Waals surface area contributed by atoms with Crippen LogP contribution in [0.15, 0.2) is 36.9 Å². The Labute approximate surface area is 203 Å². The van der Waals surface area contributed by atoms with Crippen molar-refractivity contribution in [1.82, 2.24) is 29.9 Å². The summed E-state index contributed by atoms with van der Waals surface area (Å²) in [6.45, 7) is 2.18. The molecule has 1 unspecified atom stereocenters. The first-order valence-electron chi connectivity index (χ1n) is 12.5. The van der Waals surface area contributed by atoms with E-state index in [-0.39, 0.29) is 11.9 Å². The molecule has 0 radical (unpaired) electrons. The minimum atomic E-state index is -0.0826. The van der Waals surface area contributed by atoms with Crippen LogP contribution in [0.4, 0.5) is 5.95 Å². The predicted octanol–water partition coefficient (Wildman–Crippen LogP) is 4.17. The molecule has 1 amide bonds. The van der Waals surface area contributed by atoms with Crippen molar-refractivity contribution >= 4 is 28.4 Å². The molecule has 0 saturated heterocycles. The highest BCUT2D eigenvalue weighted by atomic mass is 16.5. The number of nitrogens with zero attached hydrogens (tertiary/aromatic N) is 4. The first-order valence-corrected chi connectivity index (χ1v) is 12.5. The third kappa shape index (κ3) is 4.36. The molecule has 3 N–H and O–H groups in total. The van der Waals surface area contributed by atoms with Crippen LogP contribution >= 0.6 is 0 Å². The maximum Gasteiger partial charge on any atom is 0.255 e. The van der Waals surface area contributed by atoms with Gasteiger partial charge >= 0.3 is 0 Å². The zero-order chi connectivity index (χ0) is 23.9. The van der Waals surface area contributed by atoms with Gasteiger partial charge in [0.15, 0.2) is 0 Å². The lowest BCUT2D eigenvalue weighted by molar-refractivity contribution is 0.0599. The quantitative estimate of drug-likeness (QED) is 0.372. The lowest BCUT2D eigenvalue weighted by Crippen LogP contribution is -2.38. The number of methoxy groups -OCH3 is 1. The van der Waals surface area contributed by atoms with E-state index in [2.05, 4.69) is 37.6 Å². The summed E-state index contributed by atoms with van der Waals surface area (Å²) in [7, 11) is 1.76. The highest BCUT2D eigenvalue weighted by molar-refractivity contribution is 6.02. The molecule has 35 heavy (non-hydrogen) atoms. The molecule has 1 atom stereocenters.